The SMILES string of the molecule is C#CCN(CC#C)CC(=CB1OC(C)(C)C(C)(C)O1)B1OC(C)(C)C(C)(C)O1. The van der Waals surface area contributed by atoms with Gasteiger partial charge in [0.25, 0.3) is 0 Å². The Morgan fingerprint density at radius 2 is 1.18 bits per heavy atom. The minimum Gasteiger partial charge on any atom is -0.400 e. The smallest absolute Gasteiger partial charge is 0.400 e. The zero-order valence-electron chi connectivity index (χ0n) is 18.6. The molecular formula is C21H33B2NO4. The summed E-state index contributed by atoms with van der Waals surface area (Å²) in [4.78, 5) is 1.99. The van der Waals surface area contributed by atoms with E-state index in [-0.39, 0.29) is 0 Å². The molecule has 28 heavy (non-hydrogen) atoms. The predicted octanol–water partition coefficient (Wildman–Crippen LogP) is 2.74. The Bertz CT molecular complexity index is 652. The standard InChI is InChI=1S/C21H33B2NO4/c1-11-13-24(14-12-2)16-17(23-27-20(7,8)21(9,10)28-23)15-22-25-18(3,4)19(5,6)26-22/h1-2,15H,13-14,16H2,3-10H3. The van der Waals surface area contributed by atoms with Crippen molar-refractivity contribution >= 4 is 14.2 Å². The summed E-state index contributed by atoms with van der Waals surface area (Å²) in [6.45, 7) is 17.6. The first-order valence-corrected chi connectivity index (χ1v) is 9.76. The molecule has 0 radical (unpaired) electrons. The molecule has 0 amide bonds. The molecule has 0 unspecified atom stereocenters. The van der Waals surface area contributed by atoms with Crippen molar-refractivity contribution in [2.75, 3.05) is 19.6 Å². The maximum absolute atomic E-state index is 6.27. The Kier molecular flexibility index (Phi) is 6.51. The maximum atomic E-state index is 6.27. The molecule has 2 rings (SSSR count). The van der Waals surface area contributed by atoms with Crippen LogP contribution < -0.4 is 0 Å². The Morgan fingerprint density at radius 3 is 1.57 bits per heavy atom. The average Bonchev–Trinajstić information content (AvgIpc) is 2.86. The van der Waals surface area contributed by atoms with Gasteiger partial charge in [0, 0.05) is 6.54 Å². The van der Waals surface area contributed by atoms with Crippen molar-refractivity contribution in [1.29, 1.82) is 0 Å². The van der Waals surface area contributed by atoms with Gasteiger partial charge < -0.3 is 18.6 Å². The summed E-state index contributed by atoms with van der Waals surface area (Å²) in [6, 6.07) is 0. The molecule has 2 saturated heterocycles. The Morgan fingerprint density at radius 1 is 0.786 bits per heavy atom. The second kappa shape index (κ2) is 7.90. The van der Waals surface area contributed by atoms with Gasteiger partial charge in [0.15, 0.2) is 0 Å². The first kappa shape index (κ1) is 23.1. The number of terminal acetylenes is 2. The second-order valence-corrected chi connectivity index (χ2v) is 9.51. The highest BCUT2D eigenvalue weighted by Crippen LogP contribution is 2.40. The van der Waals surface area contributed by atoms with Crippen LogP contribution >= 0.6 is 0 Å². The molecule has 2 fully saturated rings. The predicted molar refractivity (Wildman–Crippen MR) is 114 cm³/mol. The van der Waals surface area contributed by atoms with Crippen molar-refractivity contribution in [3.63, 3.8) is 0 Å². The average molecular weight is 385 g/mol. The van der Waals surface area contributed by atoms with E-state index in [9.17, 15) is 0 Å². The van der Waals surface area contributed by atoms with E-state index < -0.39 is 36.6 Å². The summed E-state index contributed by atoms with van der Waals surface area (Å²) in [7, 11) is -1.03. The van der Waals surface area contributed by atoms with Crippen LogP contribution in [0.25, 0.3) is 0 Å². The van der Waals surface area contributed by atoms with E-state index in [0.717, 1.165) is 5.47 Å². The number of nitrogens with zero attached hydrogens (tertiary/aromatic N) is 1. The highest BCUT2D eigenvalue weighted by Gasteiger charge is 2.54. The van der Waals surface area contributed by atoms with Crippen LogP contribution in [0.15, 0.2) is 11.4 Å². The van der Waals surface area contributed by atoms with Gasteiger partial charge in [0.1, 0.15) is 0 Å². The molecule has 0 aromatic carbocycles. The van der Waals surface area contributed by atoms with Gasteiger partial charge in [-0.25, -0.2) is 0 Å². The molecular weight excluding hydrogens is 352 g/mol. The fourth-order valence-electron chi connectivity index (χ4n) is 3.02. The molecule has 0 bridgehead atoms. The van der Waals surface area contributed by atoms with Gasteiger partial charge in [-0.1, -0.05) is 17.8 Å². The van der Waals surface area contributed by atoms with Crippen molar-refractivity contribution in [2.24, 2.45) is 0 Å². The van der Waals surface area contributed by atoms with E-state index in [0.29, 0.717) is 19.6 Å². The first-order valence-electron chi connectivity index (χ1n) is 9.76. The third-order valence-electron chi connectivity index (χ3n) is 6.21. The van der Waals surface area contributed by atoms with Gasteiger partial charge in [0.05, 0.1) is 35.5 Å². The van der Waals surface area contributed by atoms with Gasteiger partial charge >= 0.3 is 14.2 Å². The van der Waals surface area contributed by atoms with Crippen LogP contribution in [0.5, 0.6) is 0 Å². The van der Waals surface area contributed by atoms with Crippen LogP contribution in [-0.4, -0.2) is 61.2 Å². The molecule has 5 nitrogen and oxygen atoms in total. The zero-order chi connectivity index (χ0) is 21.4. The molecule has 2 aliphatic rings. The Labute approximate surface area is 171 Å². The Balaban J connectivity index is 2.32. The molecule has 7 heteroatoms. The zero-order valence-corrected chi connectivity index (χ0v) is 18.6. The summed E-state index contributed by atoms with van der Waals surface area (Å²) in [6.07, 6.45) is 11.0. The molecule has 0 aliphatic carbocycles. The molecule has 0 saturated carbocycles. The lowest BCUT2D eigenvalue weighted by molar-refractivity contribution is 0.00578. The van der Waals surface area contributed by atoms with Crippen molar-refractivity contribution in [2.45, 2.75) is 77.8 Å². The summed E-state index contributed by atoms with van der Waals surface area (Å²) >= 11 is 0. The minimum absolute atomic E-state index is 0.424. The van der Waals surface area contributed by atoms with Crippen LogP contribution in [0.2, 0.25) is 0 Å². The third kappa shape index (κ3) is 4.67. The van der Waals surface area contributed by atoms with Crippen LogP contribution in [0, 0.1) is 24.7 Å². The van der Waals surface area contributed by atoms with Gasteiger partial charge in [-0.05, 0) is 60.9 Å². The summed E-state index contributed by atoms with van der Waals surface area (Å²) < 4.78 is 24.8. The van der Waals surface area contributed by atoms with Gasteiger partial charge in [-0.3, -0.25) is 4.90 Å². The fraction of sp³-hybridized carbons (Fsp3) is 0.714. The number of hydrogen-bond acceptors (Lipinski definition) is 5. The van der Waals surface area contributed by atoms with Crippen LogP contribution in [-0.2, 0) is 18.6 Å². The summed E-state index contributed by atoms with van der Waals surface area (Å²) in [5, 5.41) is 0. The topological polar surface area (TPSA) is 40.2 Å². The molecule has 0 aromatic heterocycles. The quantitative estimate of drug-likeness (QED) is 0.520. The van der Waals surface area contributed by atoms with E-state index in [4.69, 9.17) is 31.5 Å². The second-order valence-electron chi connectivity index (χ2n) is 9.51. The van der Waals surface area contributed by atoms with Crippen LogP contribution in [0.4, 0.5) is 0 Å². The maximum Gasteiger partial charge on any atom is 0.490 e. The lowest BCUT2D eigenvalue weighted by Crippen LogP contribution is -2.41. The van der Waals surface area contributed by atoms with Crippen molar-refractivity contribution in [1.82, 2.24) is 4.90 Å². The molecule has 2 aliphatic heterocycles. The monoisotopic (exact) mass is 385 g/mol. The van der Waals surface area contributed by atoms with Crippen LogP contribution in [0.3, 0.4) is 0 Å². The van der Waals surface area contributed by atoms with Gasteiger partial charge in [-0.2, -0.15) is 0 Å². The van der Waals surface area contributed by atoms with Crippen molar-refractivity contribution in [3.05, 3.63) is 11.4 Å². The van der Waals surface area contributed by atoms with E-state index in [1.54, 1.807) is 0 Å². The Hall–Kier alpha value is -1.21. The van der Waals surface area contributed by atoms with Crippen LogP contribution in [0.1, 0.15) is 55.4 Å². The molecule has 152 valence electrons. The van der Waals surface area contributed by atoms with Gasteiger partial charge in [-0.15, -0.1) is 12.8 Å². The molecule has 2 heterocycles. The van der Waals surface area contributed by atoms with Crippen molar-refractivity contribution in [3.8, 4) is 24.7 Å². The molecule has 0 N–H and O–H groups in total. The summed E-state index contributed by atoms with van der Waals surface area (Å²) in [5.74, 6) is 7.26. The first-order chi connectivity index (χ1) is 12.7. The van der Waals surface area contributed by atoms with E-state index in [2.05, 4.69) is 11.8 Å². The minimum atomic E-state index is -0.526. The highest BCUT2D eigenvalue weighted by molar-refractivity contribution is 6.60. The van der Waals surface area contributed by atoms with E-state index in [1.807, 2.05) is 66.3 Å². The van der Waals surface area contributed by atoms with Crippen molar-refractivity contribution < 1.29 is 18.6 Å². The van der Waals surface area contributed by atoms with E-state index >= 15 is 0 Å². The highest BCUT2D eigenvalue weighted by atomic mass is 16.7. The number of rotatable bonds is 6. The lowest BCUT2D eigenvalue weighted by atomic mass is 9.71. The fourth-order valence-corrected chi connectivity index (χ4v) is 3.02. The molecule has 0 atom stereocenters. The molecule has 0 aromatic rings. The largest absolute Gasteiger partial charge is 0.490 e. The number of hydrogen-bond donors (Lipinski definition) is 0. The van der Waals surface area contributed by atoms with E-state index in [1.165, 1.54) is 0 Å². The lowest BCUT2D eigenvalue weighted by Gasteiger charge is -2.32. The van der Waals surface area contributed by atoms with Gasteiger partial charge in [0.2, 0.25) is 0 Å². The molecule has 0 spiro atoms. The summed E-state index contributed by atoms with van der Waals surface area (Å²) in [5.41, 5.74) is -0.854. The normalized spacial score (nSPS) is 25.0. The third-order valence-corrected chi connectivity index (χ3v) is 6.21.